The fraction of sp³-hybridized carbons (Fsp3) is 0.500. The number of aryl methyl sites for hydroxylation is 1. The average Bonchev–Trinajstić information content (AvgIpc) is 2.94. The van der Waals surface area contributed by atoms with E-state index in [4.69, 9.17) is 15.0 Å². The SMILES string of the molecule is CCCc1nc(COc2ccc(CC(N)CC)cc2)no1. The van der Waals surface area contributed by atoms with Crippen molar-refractivity contribution in [2.45, 2.75) is 52.2 Å². The van der Waals surface area contributed by atoms with Crippen LogP contribution in [0.25, 0.3) is 0 Å². The maximum absolute atomic E-state index is 5.95. The number of nitrogens with zero attached hydrogens (tertiary/aromatic N) is 2. The van der Waals surface area contributed by atoms with Crippen molar-refractivity contribution >= 4 is 0 Å². The Bertz CT molecular complexity index is 537. The molecule has 5 heteroatoms. The minimum atomic E-state index is 0.216. The summed E-state index contributed by atoms with van der Waals surface area (Å²) in [5, 5.41) is 3.89. The number of aromatic nitrogens is 2. The molecule has 1 atom stereocenters. The Hall–Kier alpha value is -1.88. The second-order valence-corrected chi connectivity index (χ2v) is 5.16. The fourth-order valence-electron chi connectivity index (χ4n) is 1.98. The molecule has 0 aliphatic rings. The van der Waals surface area contributed by atoms with Crippen LogP contribution in [0.4, 0.5) is 0 Å². The normalized spacial score (nSPS) is 12.3. The zero-order valence-electron chi connectivity index (χ0n) is 12.7. The Kier molecular flexibility index (Phi) is 5.75. The lowest BCUT2D eigenvalue weighted by molar-refractivity contribution is 0.285. The average molecular weight is 289 g/mol. The van der Waals surface area contributed by atoms with Gasteiger partial charge in [0.25, 0.3) is 0 Å². The van der Waals surface area contributed by atoms with E-state index >= 15 is 0 Å². The maximum Gasteiger partial charge on any atom is 0.226 e. The van der Waals surface area contributed by atoms with Crippen molar-refractivity contribution in [2.75, 3.05) is 0 Å². The van der Waals surface area contributed by atoms with Crippen molar-refractivity contribution in [2.24, 2.45) is 5.73 Å². The summed E-state index contributed by atoms with van der Waals surface area (Å²) < 4.78 is 10.8. The van der Waals surface area contributed by atoms with Crippen LogP contribution >= 0.6 is 0 Å². The summed E-state index contributed by atoms with van der Waals surface area (Å²) in [5.74, 6) is 2.04. The first-order valence-corrected chi connectivity index (χ1v) is 7.50. The molecule has 2 rings (SSSR count). The first kappa shape index (κ1) is 15.5. The molecule has 21 heavy (non-hydrogen) atoms. The Labute approximate surface area is 125 Å². The molecule has 0 bridgehead atoms. The molecule has 0 aliphatic carbocycles. The van der Waals surface area contributed by atoms with Crippen molar-refractivity contribution in [1.82, 2.24) is 10.1 Å². The Morgan fingerprint density at radius 3 is 2.67 bits per heavy atom. The predicted octanol–water partition coefficient (Wildman–Crippen LogP) is 2.88. The van der Waals surface area contributed by atoms with Crippen LogP contribution < -0.4 is 10.5 Å². The summed E-state index contributed by atoms with van der Waals surface area (Å²) in [6.07, 6.45) is 3.67. The monoisotopic (exact) mass is 289 g/mol. The van der Waals surface area contributed by atoms with Gasteiger partial charge < -0.3 is 15.0 Å². The standard InChI is InChI=1S/C16H23N3O2/c1-3-5-16-18-15(19-21-16)11-20-14-8-6-12(7-9-14)10-13(17)4-2/h6-9,13H,3-5,10-11,17H2,1-2H3. The molecule has 1 unspecified atom stereocenters. The highest BCUT2D eigenvalue weighted by Crippen LogP contribution is 2.15. The number of hydrogen-bond acceptors (Lipinski definition) is 5. The van der Waals surface area contributed by atoms with Crippen molar-refractivity contribution in [3.8, 4) is 5.75 Å². The summed E-state index contributed by atoms with van der Waals surface area (Å²) in [5.41, 5.74) is 7.17. The molecular formula is C16H23N3O2. The van der Waals surface area contributed by atoms with Gasteiger partial charge in [0.1, 0.15) is 5.75 Å². The van der Waals surface area contributed by atoms with E-state index in [1.54, 1.807) is 0 Å². The van der Waals surface area contributed by atoms with Gasteiger partial charge in [0.05, 0.1) is 0 Å². The summed E-state index contributed by atoms with van der Waals surface area (Å²) in [4.78, 5) is 4.26. The molecule has 5 nitrogen and oxygen atoms in total. The molecule has 0 spiro atoms. The number of nitrogens with two attached hydrogens (primary N) is 1. The maximum atomic E-state index is 5.95. The van der Waals surface area contributed by atoms with Crippen molar-refractivity contribution in [3.63, 3.8) is 0 Å². The third kappa shape index (κ3) is 4.86. The number of hydrogen-bond donors (Lipinski definition) is 1. The number of benzene rings is 1. The van der Waals surface area contributed by atoms with Crippen molar-refractivity contribution in [3.05, 3.63) is 41.5 Å². The molecule has 2 aromatic rings. The molecule has 1 aromatic heterocycles. The smallest absolute Gasteiger partial charge is 0.226 e. The largest absolute Gasteiger partial charge is 0.485 e. The predicted molar refractivity (Wildman–Crippen MR) is 81.0 cm³/mol. The van der Waals surface area contributed by atoms with Crippen LogP contribution in [0.15, 0.2) is 28.8 Å². The summed E-state index contributed by atoms with van der Waals surface area (Å²) in [6.45, 7) is 4.49. The third-order valence-corrected chi connectivity index (χ3v) is 3.29. The van der Waals surface area contributed by atoms with Gasteiger partial charge in [-0.1, -0.05) is 31.1 Å². The van der Waals surface area contributed by atoms with Gasteiger partial charge in [0.2, 0.25) is 11.7 Å². The van der Waals surface area contributed by atoms with E-state index in [-0.39, 0.29) is 6.04 Å². The lowest BCUT2D eigenvalue weighted by Crippen LogP contribution is -2.21. The van der Waals surface area contributed by atoms with Gasteiger partial charge in [0, 0.05) is 12.5 Å². The van der Waals surface area contributed by atoms with Crippen LogP contribution in [0.1, 0.15) is 44.0 Å². The van der Waals surface area contributed by atoms with Gasteiger partial charge in [-0.3, -0.25) is 0 Å². The first-order valence-electron chi connectivity index (χ1n) is 7.50. The summed E-state index contributed by atoms with van der Waals surface area (Å²) >= 11 is 0. The van der Waals surface area contributed by atoms with Gasteiger partial charge in [-0.2, -0.15) is 4.98 Å². The Balaban J connectivity index is 1.85. The summed E-state index contributed by atoms with van der Waals surface area (Å²) in [7, 11) is 0. The van der Waals surface area contributed by atoms with Gasteiger partial charge in [0.15, 0.2) is 6.61 Å². The molecule has 114 valence electrons. The lowest BCUT2D eigenvalue weighted by atomic mass is 10.0. The van der Waals surface area contributed by atoms with Crippen LogP contribution in [-0.4, -0.2) is 16.2 Å². The quantitative estimate of drug-likeness (QED) is 0.808. The third-order valence-electron chi connectivity index (χ3n) is 3.29. The van der Waals surface area contributed by atoms with E-state index in [1.165, 1.54) is 5.56 Å². The van der Waals surface area contributed by atoms with Crippen molar-refractivity contribution in [1.29, 1.82) is 0 Å². The molecule has 0 aliphatic heterocycles. The van der Waals surface area contributed by atoms with Crippen LogP contribution in [0.2, 0.25) is 0 Å². The van der Waals surface area contributed by atoms with E-state index < -0.39 is 0 Å². The van der Waals surface area contributed by atoms with E-state index in [1.807, 2.05) is 24.3 Å². The molecule has 1 aromatic carbocycles. The molecular weight excluding hydrogens is 266 g/mol. The highest BCUT2D eigenvalue weighted by molar-refractivity contribution is 5.27. The molecule has 0 fully saturated rings. The lowest BCUT2D eigenvalue weighted by Gasteiger charge is -2.09. The first-order chi connectivity index (χ1) is 10.2. The van der Waals surface area contributed by atoms with Gasteiger partial charge in [-0.25, -0.2) is 0 Å². The van der Waals surface area contributed by atoms with Crippen LogP contribution in [-0.2, 0) is 19.4 Å². The van der Waals surface area contributed by atoms with E-state index in [9.17, 15) is 0 Å². The molecule has 0 saturated heterocycles. The molecule has 0 radical (unpaired) electrons. The van der Waals surface area contributed by atoms with Crippen LogP contribution in [0, 0.1) is 0 Å². The molecule has 1 heterocycles. The minimum absolute atomic E-state index is 0.216. The second-order valence-electron chi connectivity index (χ2n) is 5.16. The number of rotatable bonds is 8. The van der Waals surface area contributed by atoms with Gasteiger partial charge >= 0.3 is 0 Å². The zero-order chi connectivity index (χ0) is 15.1. The molecule has 2 N–H and O–H groups in total. The molecule has 0 saturated carbocycles. The summed E-state index contributed by atoms with van der Waals surface area (Å²) in [6, 6.07) is 8.20. The Morgan fingerprint density at radius 2 is 2.00 bits per heavy atom. The van der Waals surface area contributed by atoms with Crippen LogP contribution in [0.3, 0.4) is 0 Å². The zero-order valence-corrected chi connectivity index (χ0v) is 12.7. The van der Waals surface area contributed by atoms with Crippen LogP contribution in [0.5, 0.6) is 5.75 Å². The minimum Gasteiger partial charge on any atom is -0.485 e. The highest BCUT2D eigenvalue weighted by atomic mass is 16.5. The Morgan fingerprint density at radius 1 is 1.24 bits per heavy atom. The topological polar surface area (TPSA) is 74.2 Å². The highest BCUT2D eigenvalue weighted by Gasteiger charge is 2.06. The van der Waals surface area contributed by atoms with Crippen molar-refractivity contribution < 1.29 is 9.26 Å². The fourth-order valence-corrected chi connectivity index (χ4v) is 1.98. The van der Waals surface area contributed by atoms with E-state index in [0.29, 0.717) is 18.3 Å². The van der Waals surface area contributed by atoms with Gasteiger partial charge in [-0.05, 0) is 37.0 Å². The second kappa shape index (κ2) is 7.78. The molecule has 0 amide bonds. The van der Waals surface area contributed by atoms with E-state index in [0.717, 1.165) is 31.4 Å². The number of ether oxygens (including phenoxy) is 1. The van der Waals surface area contributed by atoms with Gasteiger partial charge in [-0.15, -0.1) is 0 Å². The van der Waals surface area contributed by atoms with E-state index in [2.05, 4.69) is 24.0 Å².